The Hall–Kier alpha value is -2.01. The van der Waals surface area contributed by atoms with Crippen molar-refractivity contribution in [1.29, 1.82) is 0 Å². The SMILES string of the molecule is Ic1cc(OCc2ccccc2)cc(OCc2ccccc2)c1. The van der Waals surface area contributed by atoms with E-state index in [1.807, 2.05) is 54.6 Å². The highest BCUT2D eigenvalue weighted by molar-refractivity contribution is 14.1. The van der Waals surface area contributed by atoms with E-state index in [1.165, 1.54) is 0 Å². The minimum atomic E-state index is 0.555. The average Bonchev–Trinajstić information content (AvgIpc) is 2.60. The van der Waals surface area contributed by atoms with Crippen LogP contribution in [0.4, 0.5) is 0 Å². The normalized spacial score (nSPS) is 10.3. The first kappa shape index (κ1) is 15.9. The molecule has 0 radical (unpaired) electrons. The Morgan fingerprint density at radius 1 is 0.609 bits per heavy atom. The van der Waals surface area contributed by atoms with Crippen LogP contribution >= 0.6 is 22.6 Å². The van der Waals surface area contributed by atoms with Crippen molar-refractivity contribution in [3.8, 4) is 11.5 Å². The van der Waals surface area contributed by atoms with E-state index in [0.29, 0.717) is 13.2 Å². The molecule has 116 valence electrons. The van der Waals surface area contributed by atoms with Gasteiger partial charge in [-0.1, -0.05) is 60.7 Å². The third-order valence-corrected chi connectivity index (χ3v) is 3.96. The monoisotopic (exact) mass is 416 g/mol. The zero-order valence-corrected chi connectivity index (χ0v) is 14.8. The average molecular weight is 416 g/mol. The first-order valence-corrected chi connectivity index (χ1v) is 8.51. The first-order valence-electron chi connectivity index (χ1n) is 7.44. The fourth-order valence-electron chi connectivity index (χ4n) is 2.19. The molecule has 0 bridgehead atoms. The molecule has 2 nitrogen and oxygen atoms in total. The van der Waals surface area contributed by atoms with Gasteiger partial charge in [0.2, 0.25) is 0 Å². The quantitative estimate of drug-likeness (QED) is 0.498. The maximum absolute atomic E-state index is 5.88. The number of ether oxygens (including phenoxy) is 2. The highest BCUT2D eigenvalue weighted by Gasteiger charge is 2.03. The molecule has 0 heterocycles. The summed E-state index contributed by atoms with van der Waals surface area (Å²) in [6.07, 6.45) is 0. The molecule has 0 saturated carbocycles. The topological polar surface area (TPSA) is 18.5 Å². The van der Waals surface area contributed by atoms with Gasteiger partial charge in [0.05, 0.1) is 0 Å². The van der Waals surface area contributed by atoms with Crippen molar-refractivity contribution >= 4 is 22.6 Å². The van der Waals surface area contributed by atoms with E-state index in [9.17, 15) is 0 Å². The lowest BCUT2D eigenvalue weighted by Gasteiger charge is -2.11. The van der Waals surface area contributed by atoms with E-state index in [4.69, 9.17) is 9.47 Å². The number of benzene rings is 3. The molecule has 0 unspecified atom stereocenters. The maximum atomic E-state index is 5.88. The predicted octanol–water partition coefficient (Wildman–Crippen LogP) is 5.45. The van der Waals surface area contributed by atoms with Gasteiger partial charge < -0.3 is 9.47 Å². The third-order valence-electron chi connectivity index (χ3n) is 3.34. The van der Waals surface area contributed by atoms with Crippen LogP contribution in [0.15, 0.2) is 78.9 Å². The Bertz CT molecular complexity index is 680. The number of rotatable bonds is 6. The lowest BCUT2D eigenvalue weighted by atomic mass is 10.2. The summed E-state index contributed by atoms with van der Waals surface area (Å²) in [6, 6.07) is 26.3. The molecule has 0 fully saturated rings. The lowest BCUT2D eigenvalue weighted by molar-refractivity contribution is 0.289. The molecular formula is C20H17IO2. The lowest BCUT2D eigenvalue weighted by Crippen LogP contribution is -1.98. The zero-order chi connectivity index (χ0) is 15.9. The van der Waals surface area contributed by atoms with Crippen molar-refractivity contribution in [3.63, 3.8) is 0 Å². The predicted molar refractivity (Wildman–Crippen MR) is 101 cm³/mol. The Kier molecular flexibility index (Phi) is 5.53. The second-order valence-electron chi connectivity index (χ2n) is 5.17. The van der Waals surface area contributed by atoms with Gasteiger partial charge in [-0.2, -0.15) is 0 Å². The molecule has 3 aromatic carbocycles. The molecule has 0 aliphatic rings. The van der Waals surface area contributed by atoms with Gasteiger partial charge in [0, 0.05) is 9.64 Å². The van der Waals surface area contributed by atoms with Gasteiger partial charge >= 0.3 is 0 Å². The van der Waals surface area contributed by atoms with Crippen molar-refractivity contribution in [1.82, 2.24) is 0 Å². The Labute approximate surface area is 150 Å². The van der Waals surface area contributed by atoms with Gasteiger partial charge in [0.15, 0.2) is 0 Å². The summed E-state index contributed by atoms with van der Waals surface area (Å²) >= 11 is 2.28. The van der Waals surface area contributed by atoms with Gasteiger partial charge in [-0.25, -0.2) is 0 Å². The van der Waals surface area contributed by atoms with Crippen LogP contribution in [0.5, 0.6) is 11.5 Å². The van der Waals surface area contributed by atoms with E-state index >= 15 is 0 Å². The van der Waals surface area contributed by atoms with Gasteiger partial charge in [-0.3, -0.25) is 0 Å². The molecule has 0 atom stereocenters. The van der Waals surface area contributed by atoms with Crippen molar-refractivity contribution < 1.29 is 9.47 Å². The summed E-state index contributed by atoms with van der Waals surface area (Å²) in [7, 11) is 0. The second-order valence-corrected chi connectivity index (χ2v) is 6.42. The molecule has 0 spiro atoms. The summed E-state index contributed by atoms with van der Waals surface area (Å²) < 4.78 is 12.9. The molecule has 0 aliphatic carbocycles. The summed E-state index contributed by atoms with van der Waals surface area (Å²) in [4.78, 5) is 0. The summed E-state index contributed by atoms with van der Waals surface area (Å²) in [5, 5.41) is 0. The van der Waals surface area contributed by atoms with E-state index in [1.54, 1.807) is 0 Å². The summed E-state index contributed by atoms with van der Waals surface area (Å²) in [5.41, 5.74) is 2.30. The number of halogens is 1. The fraction of sp³-hybridized carbons (Fsp3) is 0.100. The Morgan fingerprint density at radius 3 is 1.48 bits per heavy atom. The summed E-state index contributed by atoms with van der Waals surface area (Å²) in [5.74, 6) is 1.65. The first-order chi connectivity index (χ1) is 11.3. The molecule has 0 N–H and O–H groups in total. The van der Waals surface area contributed by atoms with Crippen LogP contribution in [-0.4, -0.2) is 0 Å². The van der Waals surface area contributed by atoms with E-state index in [0.717, 1.165) is 26.2 Å². The van der Waals surface area contributed by atoms with Gasteiger partial charge in [0.1, 0.15) is 24.7 Å². The molecule has 3 aromatic rings. The van der Waals surface area contributed by atoms with E-state index in [-0.39, 0.29) is 0 Å². The molecular weight excluding hydrogens is 399 g/mol. The highest BCUT2D eigenvalue weighted by Crippen LogP contribution is 2.25. The second kappa shape index (κ2) is 8.02. The molecule has 0 saturated heterocycles. The van der Waals surface area contributed by atoms with Crippen LogP contribution in [0.25, 0.3) is 0 Å². The third kappa shape index (κ3) is 4.99. The summed E-state index contributed by atoms with van der Waals surface area (Å²) in [6.45, 7) is 1.11. The van der Waals surface area contributed by atoms with E-state index < -0.39 is 0 Å². The van der Waals surface area contributed by atoms with Crippen molar-refractivity contribution in [2.75, 3.05) is 0 Å². The van der Waals surface area contributed by atoms with Crippen LogP contribution in [0.3, 0.4) is 0 Å². The van der Waals surface area contributed by atoms with Crippen molar-refractivity contribution in [3.05, 3.63) is 93.6 Å². The highest BCUT2D eigenvalue weighted by atomic mass is 127. The van der Waals surface area contributed by atoms with Crippen LogP contribution in [0.2, 0.25) is 0 Å². The van der Waals surface area contributed by atoms with Crippen molar-refractivity contribution in [2.24, 2.45) is 0 Å². The largest absolute Gasteiger partial charge is 0.489 e. The zero-order valence-electron chi connectivity index (χ0n) is 12.6. The number of hydrogen-bond acceptors (Lipinski definition) is 2. The van der Waals surface area contributed by atoms with Gasteiger partial charge in [0.25, 0.3) is 0 Å². The maximum Gasteiger partial charge on any atom is 0.124 e. The van der Waals surface area contributed by atoms with Crippen molar-refractivity contribution in [2.45, 2.75) is 13.2 Å². The van der Waals surface area contributed by atoms with Crippen LogP contribution in [-0.2, 0) is 13.2 Å². The Balaban J connectivity index is 1.64. The molecule has 23 heavy (non-hydrogen) atoms. The molecule has 0 aliphatic heterocycles. The van der Waals surface area contributed by atoms with Gasteiger partial charge in [-0.05, 0) is 45.9 Å². The van der Waals surface area contributed by atoms with E-state index in [2.05, 4.69) is 46.9 Å². The van der Waals surface area contributed by atoms with Crippen LogP contribution in [0.1, 0.15) is 11.1 Å². The minimum Gasteiger partial charge on any atom is -0.489 e. The molecule has 3 rings (SSSR count). The van der Waals surface area contributed by atoms with Gasteiger partial charge in [-0.15, -0.1) is 0 Å². The molecule has 3 heteroatoms. The molecule has 0 amide bonds. The fourth-order valence-corrected chi connectivity index (χ4v) is 2.80. The Morgan fingerprint density at radius 2 is 1.04 bits per heavy atom. The molecule has 0 aromatic heterocycles. The van der Waals surface area contributed by atoms with Crippen LogP contribution in [0, 0.1) is 3.57 Å². The minimum absolute atomic E-state index is 0.555. The van der Waals surface area contributed by atoms with Crippen LogP contribution < -0.4 is 9.47 Å². The number of hydrogen-bond donors (Lipinski definition) is 0. The smallest absolute Gasteiger partial charge is 0.124 e. The standard InChI is InChI=1S/C20H17IO2/c21-18-11-19(22-14-16-7-3-1-4-8-16)13-20(12-18)23-15-17-9-5-2-6-10-17/h1-13H,14-15H2.